The van der Waals surface area contributed by atoms with Crippen molar-refractivity contribution in [1.82, 2.24) is 49.5 Å². The number of amides is 2. The molecule has 0 saturated carbocycles. The fourth-order valence-corrected chi connectivity index (χ4v) is 12.4. The topological polar surface area (TPSA) is 185 Å². The summed E-state index contributed by atoms with van der Waals surface area (Å²) in [5.74, 6) is -0.0868. The first-order valence-electron chi connectivity index (χ1n) is 32.5. The molecule has 1 saturated heterocycles. The lowest BCUT2D eigenvalue weighted by molar-refractivity contribution is -0.116. The Balaban J connectivity index is 0.000000123. The van der Waals surface area contributed by atoms with Gasteiger partial charge in [-0.05, 0) is 203 Å². The first kappa shape index (κ1) is 73.1. The number of nitrogens with one attached hydrogen (secondary N) is 3. The van der Waals surface area contributed by atoms with Gasteiger partial charge in [0, 0.05) is 68.6 Å². The van der Waals surface area contributed by atoms with Crippen molar-refractivity contribution in [2.45, 2.75) is 51.7 Å². The largest absolute Gasteiger partial charge is 0.494 e. The van der Waals surface area contributed by atoms with E-state index in [4.69, 9.17) is 32.5 Å². The highest BCUT2D eigenvalue weighted by molar-refractivity contribution is 9.11. The van der Waals surface area contributed by atoms with E-state index in [0.29, 0.717) is 44.6 Å². The number of benzene rings is 8. The Morgan fingerprint density at radius 1 is 0.417 bits per heavy atom. The highest BCUT2D eigenvalue weighted by atomic mass is 79.9. The van der Waals surface area contributed by atoms with Crippen LogP contribution in [-0.4, -0.2) is 79.6 Å². The molecular weight excluding hydrogens is 1590 g/mol. The molecule has 2 amide bonds. The van der Waals surface area contributed by atoms with Crippen molar-refractivity contribution in [3.63, 3.8) is 0 Å². The van der Waals surface area contributed by atoms with E-state index < -0.39 is 0 Å². The van der Waals surface area contributed by atoms with Gasteiger partial charge in [-0.3, -0.25) is 14.7 Å². The maximum atomic E-state index is 11.6. The summed E-state index contributed by atoms with van der Waals surface area (Å²) < 4.78 is 21.7. The summed E-state index contributed by atoms with van der Waals surface area (Å²) in [5.41, 5.74) is 17.5. The van der Waals surface area contributed by atoms with Gasteiger partial charge in [0.15, 0.2) is 0 Å². The third-order valence-corrected chi connectivity index (χ3v) is 20.0. The van der Waals surface area contributed by atoms with Crippen molar-refractivity contribution in [1.29, 1.82) is 0 Å². The average Bonchev–Trinajstić information content (AvgIpc) is 1.64. The molecule has 3 N–H and O–H groups in total. The lowest BCUT2D eigenvalue weighted by atomic mass is 9.78. The van der Waals surface area contributed by atoms with Crippen molar-refractivity contribution >= 4 is 123 Å². The molecule has 9 heterocycles. The Labute approximate surface area is 640 Å². The molecule has 0 atom stereocenters. The van der Waals surface area contributed by atoms with Crippen LogP contribution in [0.5, 0.6) is 0 Å². The summed E-state index contributed by atoms with van der Waals surface area (Å²) in [7, 11) is -0.323. The number of fused-ring (bicyclic) bond motifs is 2. The standard InChI is InChI=1S/C22H15ClN4O.C21H23BN2O2.C15H11BrN2.C12H8Br2.C7H4BrClN2O.C3H4N2/c23-18-12-19-20(13-21(28)25-19)26-22(18)16-4-2-14(3-5-16)15-6-8-17(9-7-15)27-11-1-10-24-27;1-20(2)21(3,4)26-22(25-20)18-10-6-16(7-11-18)17-8-12-19(13-9-17)24-15-5-14-23-24;16-14-6-2-12(3-7-14)13-4-8-15(9-5-13)18-11-1-10-17-18;13-11-5-1-9(2-6-11)10-3-7-12(14)8-4-10;8-7-3(9)1-4-5(11-7)2-6(12)10-4;1-2-4-5-3-1/h1-12H,13H2,(H,25,28);5-15H,1-4H3;1-11H;1-8H;1H,2H2,(H,10,12);1-3H,(H,4,5). The minimum atomic E-state index is -0.323. The molecule has 1 fully saturated rings. The minimum absolute atomic E-state index is 0.0355. The molecule has 0 aliphatic carbocycles. The summed E-state index contributed by atoms with van der Waals surface area (Å²) in [5, 5.41) is 25.4. The molecule has 3 aliphatic rings. The van der Waals surface area contributed by atoms with E-state index >= 15 is 0 Å². The van der Waals surface area contributed by atoms with E-state index in [-0.39, 0.29) is 30.1 Å². The van der Waals surface area contributed by atoms with Gasteiger partial charge in [0.1, 0.15) is 4.60 Å². The molecule has 3 aliphatic heterocycles. The number of carbonyl (C=O) groups is 2. The molecule has 14 aromatic rings. The summed E-state index contributed by atoms with van der Waals surface area (Å²) >= 11 is 25.6. The molecule has 16 nitrogen and oxygen atoms in total. The van der Waals surface area contributed by atoms with E-state index in [2.05, 4.69) is 295 Å². The second kappa shape index (κ2) is 33.6. The quantitative estimate of drug-likeness (QED) is 0.0928. The Kier molecular flexibility index (Phi) is 23.9. The van der Waals surface area contributed by atoms with Crippen molar-refractivity contribution in [3.8, 4) is 72.8 Å². The normalized spacial score (nSPS) is 13.3. The second-order valence-corrected chi connectivity index (χ2v) is 28.9. The zero-order valence-corrected chi connectivity index (χ0v) is 63.8. The predicted molar refractivity (Wildman–Crippen MR) is 426 cm³/mol. The van der Waals surface area contributed by atoms with Crippen LogP contribution in [0.25, 0.3) is 72.8 Å². The van der Waals surface area contributed by atoms with Crippen LogP contribution in [-0.2, 0) is 31.7 Å². The van der Waals surface area contributed by atoms with Crippen LogP contribution >= 0.6 is 86.9 Å². The minimum Gasteiger partial charge on any atom is -0.399 e. The maximum absolute atomic E-state index is 11.6. The number of hydrogen-bond donors (Lipinski definition) is 3. The summed E-state index contributed by atoms with van der Waals surface area (Å²) in [6.45, 7) is 8.29. The third kappa shape index (κ3) is 19.0. The van der Waals surface area contributed by atoms with Crippen molar-refractivity contribution in [3.05, 3.63) is 320 Å². The number of anilines is 2. The Bertz CT molecular complexity index is 4990. The summed E-state index contributed by atoms with van der Waals surface area (Å²) in [6, 6.07) is 77.4. The molecule has 0 radical (unpaired) electrons. The number of rotatable bonds is 9. The van der Waals surface area contributed by atoms with Crippen LogP contribution in [0.15, 0.2) is 298 Å². The van der Waals surface area contributed by atoms with Crippen LogP contribution in [0.3, 0.4) is 0 Å². The van der Waals surface area contributed by atoms with Gasteiger partial charge in [-0.25, -0.2) is 24.0 Å². The fourth-order valence-electron chi connectivity index (χ4n) is 10.9. The number of carbonyl (C=O) groups excluding carboxylic acids is 2. The molecule has 0 unspecified atom stereocenters. The average molecular weight is 1660 g/mol. The Morgan fingerprint density at radius 2 is 0.748 bits per heavy atom. The summed E-state index contributed by atoms with van der Waals surface area (Å²) in [6.07, 6.45) is 15.2. The molecule has 0 bridgehead atoms. The SMILES string of the molecule is Brc1ccc(-c2ccc(-n3cccn3)cc2)cc1.Brc1ccc(-c2ccc(Br)cc2)cc1.CC1(C)OB(c2ccc(-c3ccc(-n4cccn4)cc3)cc2)OC1(C)C.O=C1Cc2nc(-c3ccc(-c4ccc(-n5cccn5)cc4)cc3)c(Cl)cc2N1.O=C1Cc2nc(Br)c(Cl)cc2N1.c1cn[nH]c1. The molecule has 0 spiro atoms. The highest BCUT2D eigenvalue weighted by Gasteiger charge is 2.51. The lowest BCUT2D eigenvalue weighted by Crippen LogP contribution is -2.41. The first-order chi connectivity index (χ1) is 49.8. The zero-order chi connectivity index (χ0) is 72.0. The highest BCUT2D eigenvalue weighted by Crippen LogP contribution is 2.38. The monoisotopic (exact) mass is 1650 g/mol. The Morgan fingerprint density at radius 3 is 1.08 bits per heavy atom. The summed E-state index contributed by atoms with van der Waals surface area (Å²) in [4.78, 5) is 31.2. The van der Waals surface area contributed by atoms with Gasteiger partial charge >= 0.3 is 7.12 Å². The second-order valence-electron chi connectivity index (χ2n) is 24.6. The van der Waals surface area contributed by atoms with E-state index in [0.717, 1.165) is 69.6 Å². The van der Waals surface area contributed by atoms with E-state index in [1.807, 2.05) is 93.3 Å². The van der Waals surface area contributed by atoms with Gasteiger partial charge in [-0.15, -0.1) is 0 Å². The van der Waals surface area contributed by atoms with E-state index in [1.165, 1.54) is 27.8 Å². The van der Waals surface area contributed by atoms with Gasteiger partial charge in [0.05, 0.1) is 79.6 Å². The number of nitrogens with zero attached hydrogens (tertiary/aromatic N) is 9. The molecule has 514 valence electrons. The number of pyridine rings is 2. The molecule has 103 heavy (non-hydrogen) atoms. The third-order valence-electron chi connectivity index (χ3n) is 17.0. The van der Waals surface area contributed by atoms with Crippen molar-refractivity contribution in [2.75, 3.05) is 10.6 Å². The van der Waals surface area contributed by atoms with Gasteiger partial charge in [0.2, 0.25) is 11.8 Å². The number of H-pyrrole nitrogens is 1. The van der Waals surface area contributed by atoms with E-state index in [1.54, 1.807) is 43.1 Å². The molecule has 6 aromatic heterocycles. The molecule has 23 heteroatoms. The van der Waals surface area contributed by atoms with Gasteiger partial charge in [0.25, 0.3) is 0 Å². The van der Waals surface area contributed by atoms with Crippen LogP contribution in [0.1, 0.15) is 39.1 Å². The van der Waals surface area contributed by atoms with Crippen LogP contribution in [0.2, 0.25) is 10.0 Å². The lowest BCUT2D eigenvalue weighted by Gasteiger charge is -2.32. The van der Waals surface area contributed by atoms with E-state index in [9.17, 15) is 9.59 Å². The van der Waals surface area contributed by atoms with Gasteiger partial charge < -0.3 is 19.9 Å². The smallest absolute Gasteiger partial charge is 0.399 e. The van der Waals surface area contributed by atoms with Crippen molar-refractivity contribution in [2.24, 2.45) is 0 Å². The fraction of sp³-hybridized carbons (Fsp3) is 0.100. The molecule has 17 rings (SSSR count). The predicted octanol–water partition coefficient (Wildman–Crippen LogP) is 20.2. The van der Waals surface area contributed by atoms with Crippen molar-refractivity contribution < 1.29 is 18.9 Å². The number of hydrogen-bond acceptors (Lipinski definition) is 10. The van der Waals surface area contributed by atoms with Gasteiger partial charge in [-0.2, -0.15) is 20.4 Å². The van der Waals surface area contributed by atoms with Gasteiger partial charge in [-0.1, -0.05) is 192 Å². The Hall–Kier alpha value is -9.68. The van der Waals surface area contributed by atoms with Crippen LogP contribution in [0, 0.1) is 0 Å². The number of aromatic nitrogens is 10. The zero-order valence-electron chi connectivity index (χ0n) is 56.0. The first-order valence-corrected chi connectivity index (χ1v) is 36.4. The van der Waals surface area contributed by atoms with Crippen LogP contribution < -0.4 is 16.1 Å². The molecule has 8 aromatic carbocycles. The molecular formula is C80H65BBr4Cl2N12O4. The maximum Gasteiger partial charge on any atom is 0.494 e. The number of aromatic amines is 1. The number of halogens is 6. The van der Waals surface area contributed by atoms with Crippen LogP contribution in [0.4, 0.5) is 11.4 Å².